The van der Waals surface area contributed by atoms with Crippen LogP contribution in [-0.4, -0.2) is 54.0 Å². The summed E-state index contributed by atoms with van der Waals surface area (Å²) in [5, 5.41) is 3.16. The molecule has 1 aliphatic carbocycles. The smallest absolute Gasteiger partial charge is 0.317 e. The third-order valence-electron chi connectivity index (χ3n) is 4.79. The molecule has 7 heteroatoms. The van der Waals surface area contributed by atoms with Crippen molar-refractivity contribution < 1.29 is 9.59 Å². The Kier molecular flexibility index (Phi) is 6.00. The van der Waals surface area contributed by atoms with Crippen LogP contribution in [0.4, 0.5) is 4.79 Å². The monoisotopic (exact) mass is 369 g/mol. The zero-order valence-corrected chi connectivity index (χ0v) is 15.4. The van der Waals surface area contributed by atoms with E-state index < -0.39 is 0 Å². The van der Waals surface area contributed by atoms with Gasteiger partial charge in [0.1, 0.15) is 0 Å². The minimum absolute atomic E-state index is 0.0152. The van der Waals surface area contributed by atoms with Crippen LogP contribution in [0.1, 0.15) is 48.2 Å². The van der Waals surface area contributed by atoms with E-state index in [1.807, 2.05) is 9.80 Å². The van der Waals surface area contributed by atoms with Crippen molar-refractivity contribution in [3.63, 3.8) is 0 Å². The fourth-order valence-electron chi connectivity index (χ4n) is 3.42. The fraction of sp³-hybridized carbons (Fsp3) is 0.647. The summed E-state index contributed by atoms with van der Waals surface area (Å²) in [6, 6.07) is 3.87. The summed E-state index contributed by atoms with van der Waals surface area (Å²) < 4.78 is 0.627. The van der Waals surface area contributed by atoms with Crippen LogP contribution in [-0.2, 0) is 0 Å². The molecule has 3 rings (SSSR count). The molecule has 1 aromatic heterocycles. The Labute approximate surface area is 152 Å². The first-order valence-corrected chi connectivity index (χ1v) is 9.93. The molecule has 2 heterocycles. The maximum Gasteiger partial charge on any atom is 0.317 e. The Morgan fingerprint density at radius 1 is 1.00 bits per heavy atom. The van der Waals surface area contributed by atoms with Crippen LogP contribution < -0.4 is 5.32 Å². The van der Waals surface area contributed by atoms with Gasteiger partial charge in [-0.05, 0) is 31.4 Å². The second kappa shape index (κ2) is 8.21. The summed E-state index contributed by atoms with van der Waals surface area (Å²) in [4.78, 5) is 29.3. The summed E-state index contributed by atoms with van der Waals surface area (Å²) in [5.74, 6) is 0.0152. The number of thiophene rings is 1. The number of hydrogen-bond acceptors (Lipinski definition) is 3. The summed E-state index contributed by atoms with van der Waals surface area (Å²) in [6.07, 6.45) is 6.67. The molecule has 1 saturated carbocycles. The van der Waals surface area contributed by atoms with Gasteiger partial charge in [0, 0.05) is 32.2 Å². The van der Waals surface area contributed by atoms with Gasteiger partial charge in [0.2, 0.25) is 0 Å². The molecule has 2 fully saturated rings. The van der Waals surface area contributed by atoms with Crippen molar-refractivity contribution >= 4 is 34.9 Å². The molecule has 1 aliphatic heterocycles. The van der Waals surface area contributed by atoms with E-state index in [1.165, 1.54) is 30.6 Å². The molecule has 24 heavy (non-hydrogen) atoms. The van der Waals surface area contributed by atoms with Crippen molar-refractivity contribution in [3.05, 3.63) is 21.3 Å². The largest absolute Gasteiger partial charge is 0.336 e. The van der Waals surface area contributed by atoms with Crippen LogP contribution in [0.25, 0.3) is 0 Å². The van der Waals surface area contributed by atoms with Gasteiger partial charge in [-0.2, -0.15) is 0 Å². The number of nitrogens with zero attached hydrogens (tertiary/aromatic N) is 2. The number of carbonyl (C=O) groups is 2. The fourth-order valence-corrected chi connectivity index (χ4v) is 4.43. The maximum atomic E-state index is 12.5. The highest BCUT2D eigenvalue weighted by atomic mass is 35.5. The lowest BCUT2D eigenvalue weighted by Crippen LogP contribution is -2.46. The summed E-state index contributed by atoms with van der Waals surface area (Å²) in [5.41, 5.74) is 0. The van der Waals surface area contributed by atoms with Crippen LogP contribution in [0.2, 0.25) is 4.34 Å². The van der Waals surface area contributed by atoms with E-state index in [4.69, 9.17) is 11.6 Å². The lowest BCUT2D eigenvalue weighted by molar-refractivity contribution is 0.0767. The molecular weight excluding hydrogens is 346 g/mol. The number of carbonyl (C=O) groups excluding carboxylic acids is 2. The molecule has 132 valence electrons. The number of amides is 3. The maximum absolute atomic E-state index is 12.5. The third kappa shape index (κ3) is 4.42. The Morgan fingerprint density at radius 2 is 1.71 bits per heavy atom. The van der Waals surface area contributed by atoms with Crippen molar-refractivity contribution in [2.24, 2.45) is 0 Å². The Balaban J connectivity index is 1.52. The number of halogens is 1. The first-order valence-electron chi connectivity index (χ1n) is 8.73. The van der Waals surface area contributed by atoms with Gasteiger partial charge in [0.25, 0.3) is 5.91 Å². The Bertz CT molecular complexity index is 586. The first-order chi connectivity index (χ1) is 11.6. The van der Waals surface area contributed by atoms with Crippen molar-refractivity contribution in [3.8, 4) is 0 Å². The van der Waals surface area contributed by atoms with Gasteiger partial charge in [-0.3, -0.25) is 4.79 Å². The lowest BCUT2D eigenvalue weighted by atomic mass is 9.96. The van der Waals surface area contributed by atoms with Crippen LogP contribution in [0, 0.1) is 0 Å². The van der Waals surface area contributed by atoms with Crippen molar-refractivity contribution in [2.75, 3.05) is 26.2 Å². The standard InChI is InChI=1S/C17H24ClN3O2S/c18-15-8-7-14(24-15)16(22)20-9-4-10-21(12-11-20)17(23)19-13-5-2-1-3-6-13/h7-8,13H,1-6,9-12H2,(H,19,23). The van der Waals surface area contributed by atoms with E-state index in [9.17, 15) is 9.59 Å². The SMILES string of the molecule is O=C(NC1CCCCC1)N1CCCN(C(=O)c2ccc(Cl)s2)CC1. The molecule has 0 unspecified atom stereocenters. The van der Waals surface area contributed by atoms with Gasteiger partial charge < -0.3 is 15.1 Å². The zero-order valence-electron chi connectivity index (χ0n) is 13.8. The molecule has 2 aliphatic rings. The molecule has 0 bridgehead atoms. The van der Waals surface area contributed by atoms with Crippen molar-refractivity contribution in [2.45, 2.75) is 44.6 Å². The molecule has 5 nitrogen and oxygen atoms in total. The van der Waals surface area contributed by atoms with E-state index in [0.29, 0.717) is 41.4 Å². The van der Waals surface area contributed by atoms with E-state index in [-0.39, 0.29) is 11.9 Å². The lowest BCUT2D eigenvalue weighted by Gasteiger charge is -2.27. The average Bonchev–Trinajstić information content (AvgIpc) is 2.87. The van der Waals surface area contributed by atoms with Crippen LogP contribution >= 0.6 is 22.9 Å². The number of hydrogen-bond donors (Lipinski definition) is 1. The molecular formula is C17H24ClN3O2S. The second-order valence-corrected chi connectivity index (χ2v) is 8.24. The van der Waals surface area contributed by atoms with Gasteiger partial charge in [-0.15, -0.1) is 11.3 Å². The third-order valence-corrected chi connectivity index (χ3v) is 6.01. The number of rotatable bonds is 2. The molecule has 1 N–H and O–H groups in total. The van der Waals surface area contributed by atoms with Gasteiger partial charge in [-0.25, -0.2) is 4.79 Å². The molecule has 3 amide bonds. The zero-order chi connectivity index (χ0) is 16.9. The molecule has 0 aromatic carbocycles. The van der Waals surface area contributed by atoms with Crippen LogP contribution in [0.3, 0.4) is 0 Å². The highest BCUT2D eigenvalue weighted by Crippen LogP contribution is 2.23. The summed E-state index contributed by atoms with van der Waals surface area (Å²) >= 11 is 7.23. The number of urea groups is 1. The average molecular weight is 370 g/mol. The van der Waals surface area contributed by atoms with Crippen molar-refractivity contribution in [1.82, 2.24) is 15.1 Å². The summed E-state index contributed by atoms with van der Waals surface area (Å²) in [7, 11) is 0. The minimum Gasteiger partial charge on any atom is -0.336 e. The van der Waals surface area contributed by atoms with Crippen LogP contribution in [0.5, 0.6) is 0 Å². The van der Waals surface area contributed by atoms with E-state index in [1.54, 1.807) is 12.1 Å². The molecule has 0 radical (unpaired) electrons. The highest BCUT2D eigenvalue weighted by Gasteiger charge is 2.25. The normalized spacial score (nSPS) is 19.9. The first kappa shape index (κ1) is 17.5. The Hall–Kier alpha value is -1.27. The van der Waals surface area contributed by atoms with Crippen LogP contribution in [0.15, 0.2) is 12.1 Å². The quantitative estimate of drug-likeness (QED) is 0.866. The highest BCUT2D eigenvalue weighted by molar-refractivity contribution is 7.17. The van der Waals surface area contributed by atoms with Gasteiger partial charge in [0.05, 0.1) is 9.21 Å². The van der Waals surface area contributed by atoms with Crippen molar-refractivity contribution in [1.29, 1.82) is 0 Å². The molecule has 1 aromatic rings. The summed E-state index contributed by atoms with van der Waals surface area (Å²) in [6.45, 7) is 2.55. The Morgan fingerprint density at radius 3 is 2.42 bits per heavy atom. The molecule has 1 saturated heterocycles. The van der Waals surface area contributed by atoms with Gasteiger partial charge in [-0.1, -0.05) is 30.9 Å². The topological polar surface area (TPSA) is 52.7 Å². The molecule has 0 atom stereocenters. The van der Waals surface area contributed by atoms with Gasteiger partial charge >= 0.3 is 6.03 Å². The van der Waals surface area contributed by atoms with E-state index >= 15 is 0 Å². The van der Waals surface area contributed by atoms with Gasteiger partial charge in [0.15, 0.2) is 0 Å². The minimum atomic E-state index is 0.0152. The predicted molar refractivity (Wildman–Crippen MR) is 96.8 cm³/mol. The molecule has 0 spiro atoms. The van der Waals surface area contributed by atoms with E-state index in [2.05, 4.69) is 5.32 Å². The predicted octanol–water partition coefficient (Wildman–Crippen LogP) is 3.59. The second-order valence-electron chi connectivity index (χ2n) is 6.52. The number of nitrogens with one attached hydrogen (secondary N) is 1. The van der Waals surface area contributed by atoms with E-state index in [0.717, 1.165) is 19.3 Å².